The summed E-state index contributed by atoms with van der Waals surface area (Å²) in [6, 6.07) is 8.65. The zero-order valence-corrected chi connectivity index (χ0v) is 14.5. The van der Waals surface area contributed by atoms with Gasteiger partial charge >= 0.3 is 5.97 Å². The number of carbonyl (C=O) groups excluding carboxylic acids is 1. The van der Waals surface area contributed by atoms with Crippen molar-refractivity contribution in [1.82, 2.24) is 0 Å². The third-order valence-corrected chi connectivity index (χ3v) is 3.76. The van der Waals surface area contributed by atoms with Crippen LogP contribution in [0.3, 0.4) is 0 Å². The summed E-state index contributed by atoms with van der Waals surface area (Å²) in [5.41, 5.74) is 0.422. The van der Waals surface area contributed by atoms with Gasteiger partial charge in [0, 0.05) is 0 Å². The van der Waals surface area contributed by atoms with Gasteiger partial charge in [-0.25, -0.2) is 9.18 Å². The molecule has 0 aliphatic rings. The fourth-order valence-electron chi connectivity index (χ4n) is 1.87. The third kappa shape index (κ3) is 6.81. The van der Waals surface area contributed by atoms with E-state index in [0.717, 1.165) is 12.8 Å². The van der Waals surface area contributed by atoms with Crippen LogP contribution in [0, 0.1) is 11.8 Å². The fraction of sp³-hybridized carbons (Fsp3) is 0.450. The molecule has 0 fully saturated rings. The van der Waals surface area contributed by atoms with Crippen LogP contribution in [-0.4, -0.2) is 12.1 Å². The van der Waals surface area contributed by atoms with Crippen molar-refractivity contribution in [3.8, 4) is 0 Å². The van der Waals surface area contributed by atoms with Crippen molar-refractivity contribution in [3.63, 3.8) is 0 Å². The van der Waals surface area contributed by atoms with Crippen molar-refractivity contribution in [1.29, 1.82) is 0 Å². The number of halogens is 1. The molecule has 2 nitrogen and oxygen atoms in total. The van der Waals surface area contributed by atoms with Crippen molar-refractivity contribution in [2.45, 2.75) is 46.6 Å². The molecule has 1 aromatic carbocycles. The minimum atomic E-state index is -0.963. The Bertz CT molecular complexity index is 532. The Morgan fingerprint density at radius 1 is 1.22 bits per heavy atom. The Morgan fingerprint density at radius 3 is 2.43 bits per heavy atom. The van der Waals surface area contributed by atoms with Crippen LogP contribution in [0.15, 0.2) is 54.4 Å². The lowest BCUT2D eigenvalue weighted by atomic mass is 9.97. The first-order chi connectivity index (χ1) is 11.0. The van der Waals surface area contributed by atoms with Crippen molar-refractivity contribution >= 4 is 5.97 Å². The number of hydrogen-bond acceptors (Lipinski definition) is 2. The molecule has 1 rings (SSSR count). The van der Waals surface area contributed by atoms with E-state index >= 15 is 0 Å². The molecule has 1 aromatic rings. The van der Waals surface area contributed by atoms with Gasteiger partial charge < -0.3 is 4.74 Å². The van der Waals surface area contributed by atoms with Crippen LogP contribution in [0.1, 0.15) is 50.9 Å². The summed E-state index contributed by atoms with van der Waals surface area (Å²) >= 11 is 0. The summed E-state index contributed by atoms with van der Waals surface area (Å²) < 4.78 is 19.9. The zero-order chi connectivity index (χ0) is 17.2. The van der Waals surface area contributed by atoms with E-state index in [4.69, 9.17) is 4.74 Å². The number of hydrogen-bond donors (Lipinski definition) is 0. The molecule has 0 aromatic heterocycles. The average molecular weight is 318 g/mol. The van der Waals surface area contributed by atoms with E-state index in [9.17, 15) is 9.18 Å². The molecule has 0 radical (unpaired) electrons. The van der Waals surface area contributed by atoms with Gasteiger partial charge in [0.25, 0.3) is 0 Å². The van der Waals surface area contributed by atoms with Crippen molar-refractivity contribution in [2.75, 3.05) is 0 Å². The van der Waals surface area contributed by atoms with Gasteiger partial charge in [0.2, 0.25) is 0 Å². The largest absolute Gasteiger partial charge is 0.447 e. The number of ether oxygens (including phenoxy) is 1. The lowest BCUT2D eigenvalue weighted by molar-refractivity contribution is 0.0414. The van der Waals surface area contributed by atoms with Crippen LogP contribution >= 0.6 is 0 Å². The van der Waals surface area contributed by atoms with Gasteiger partial charge in [-0.05, 0) is 42.5 Å². The molecule has 0 aliphatic carbocycles. The van der Waals surface area contributed by atoms with Crippen LogP contribution in [0.4, 0.5) is 4.39 Å². The minimum absolute atomic E-state index is 0.0764. The first-order valence-corrected chi connectivity index (χ1v) is 8.25. The molecule has 126 valence electrons. The van der Waals surface area contributed by atoms with E-state index in [1.165, 1.54) is 0 Å². The molecule has 23 heavy (non-hydrogen) atoms. The van der Waals surface area contributed by atoms with E-state index < -0.39 is 17.9 Å². The van der Waals surface area contributed by atoms with Crippen LogP contribution in [0.2, 0.25) is 0 Å². The quantitative estimate of drug-likeness (QED) is 0.453. The van der Waals surface area contributed by atoms with E-state index in [0.29, 0.717) is 11.5 Å². The van der Waals surface area contributed by atoms with Crippen molar-refractivity contribution in [3.05, 3.63) is 60.0 Å². The first-order valence-electron chi connectivity index (χ1n) is 8.25. The first kappa shape index (κ1) is 19.1. The fourth-order valence-corrected chi connectivity index (χ4v) is 1.87. The highest BCUT2D eigenvalue weighted by Crippen LogP contribution is 2.20. The van der Waals surface area contributed by atoms with Gasteiger partial charge in [0.1, 0.15) is 5.83 Å². The van der Waals surface area contributed by atoms with Gasteiger partial charge in [0.15, 0.2) is 6.10 Å². The molecule has 0 heterocycles. The highest BCUT2D eigenvalue weighted by atomic mass is 19.1. The number of benzene rings is 1. The standard InChI is InChI=1S/C20H27FO2/c1-5-6-8-13-19(18(21)14-16(4)15(2)3)23-20(22)17-11-9-7-10-12-17/h7-16,19H,5-6H2,1-4H3/b13-8-,18-14+/t16-,19?/m0/s1. The summed E-state index contributed by atoms with van der Waals surface area (Å²) in [5, 5.41) is 0. The van der Waals surface area contributed by atoms with E-state index in [2.05, 4.69) is 0 Å². The number of allylic oxidation sites excluding steroid dienone is 2. The highest BCUT2D eigenvalue weighted by Gasteiger charge is 2.19. The lowest BCUT2D eigenvalue weighted by Crippen LogP contribution is -2.18. The number of carbonyl (C=O) groups is 1. The molecule has 0 aliphatic heterocycles. The Labute approximate surface area is 139 Å². The third-order valence-electron chi connectivity index (χ3n) is 3.76. The Balaban J connectivity index is 2.90. The zero-order valence-electron chi connectivity index (χ0n) is 14.5. The Kier molecular flexibility index (Phi) is 8.31. The second-order valence-corrected chi connectivity index (χ2v) is 6.06. The Morgan fingerprint density at radius 2 is 1.87 bits per heavy atom. The predicted octanol–water partition coefficient (Wildman–Crippen LogP) is 5.71. The Hall–Kier alpha value is -1.90. The van der Waals surface area contributed by atoms with Crippen LogP contribution in [0.5, 0.6) is 0 Å². The molecule has 0 saturated carbocycles. The number of rotatable bonds is 8. The van der Waals surface area contributed by atoms with Gasteiger partial charge in [-0.1, -0.05) is 58.4 Å². The lowest BCUT2D eigenvalue weighted by Gasteiger charge is -2.16. The van der Waals surface area contributed by atoms with Crippen molar-refractivity contribution < 1.29 is 13.9 Å². The summed E-state index contributed by atoms with van der Waals surface area (Å²) in [6.07, 6.45) is 5.86. The van der Waals surface area contributed by atoms with E-state index in [1.54, 1.807) is 36.4 Å². The van der Waals surface area contributed by atoms with Crippen molar-refractivity contribution in [2.24, 2.45) is 11.8 Å². The smallest absolute Gasteiger partial charge is 0.339 e. The van der Waals surface area contributed by atoms with Crippen LogP contribution < -0.4 is 0 Å². The maximum absolute atomic E-state index is 14.5. The molecule has 0 amide bonds. The normalized spacial score (nSPS) is 15.0. The van der Waals surface area contributed by atoms with Gasteiger partial charge in [-0.3, -0.25) is 0 Å². The monoisotopic (exact) mass is 318 g/mol. The second kappa shape index (κ2) is 9.98. The SMILES string of the molecule is CCC/C=C\C(OC(=O)c1ccccc1)/C(F)=C\[C@H](C)C(C)C. The molecule has 3 heteroatoms. The van der Waals surface area contributed by atoms with E-state index in [1.807, 2.05) is 39.8 Å². The predicted molar refractivity (Wildman–Crippen MR) is 92.9 cm³/mol. The van der Waals surface area contributed by atoms with E-state index in [-0.39, 0.29) is 5.92 Å². The molecule has 2 atom stereocenters. The highest BCUT2D eigenvalue weighted by molar-refractivity contribution is 5.89. The summed E-state index contributed by atoms with van der Waals surface area (Å²) in [7, 11) is 0. The summed E-state index contributed by atoms with van der Waals surface area (Å²) in [6.45, 7) is 8.07. The maximum Gasteiger partial charge on any atom is 0.339 e. The van der Waals surface area contributed by atoms with Crippen LogP contribution in [-0.2, 0) is 4.74 Å². The summed E-state index contributed by atoms with van der Waals surface area (Å²) in [4.78, 5) is 12.2. The summed E-state index contributed by atoms with van der Waals surface area (Å²) in [5.74, 6) is -0.529. The van der Waals surface area contributed by atoms with Gasteiger partial charge in [0.05, 0.1) is 5.56 Å². The molecule has 1 unspecified atom stereocenters. The minimum Gasteiger partial charge on any atom is -0.447 e. The molecular formula is C20H27FO2. The molecule has 0 N–H and O–H groups in total. The average Bonchev–Trinajstić information content (AvgIpc) is 2.54. The topological polar surface area (TPSA) is 26.3 Å². The second-order valence-electron chi connectivity index (χ2n) is 6.06. The van der Waals surface area contributed by atoms with Gasteiger partial charge in [-0.2, -0.15) is 0 Å². The number of esters is 1. The molecular weight excluding hydrogens is 291 g/mol. The molecule has 0 saturated heterocycles. The van der Waals surface area contributed by atoms with Crippen LogP contribution in [0.25, 0.3) is 0 Å². The number of unbranched alkanes of at least 4 members (excludes halogenated alkanes) is 1. The molecule has 0 spiro atoms. The molecule has 0 bridgehead atoms. The maximum atomic E-state index is 14.5. The van der Waals surface area contributed by atoms with Gasteiger partial charge in [-0.15, -0.1) is 0 Å².